The first-order valence-corrected chi connectivity index (χ1v) is 8.94. The van der Waals surface area contributed by atoms with Crippen LogP contribution in [0, 0.1) is 0 Å². The fraction of sp³-hybridized carbons (Fsp3) is 1.00. The van der Waals surface area contributed by atoms with Crippen LogP contribution in [0.2, 0.25) is 0 Å². The largest absolute Gasteiger partial charge is 0.311 e. The predicted octanol–water partition coefficient (Wildman–Crippen LogP) is 4.59. The Kier molecular flexibility index (Phi) is 8.13. The molecule has 1 rings (SSSR count). The third-order valence-electron chi connectivity index (χ3n) is 4.70. The predicted molar refractivity (Wildman–Crippen MR) is 90.3 cm³/mol. The van der Waals surface area contributed by atoms with Crippen LogP contribution in [0.25, 0.3) is 0 Å². The molecule has 1 fully saturated rings. The molecule has 120 valence electrons. The first-order valence-electron chi connectivity index (χ1n) is 8.94. The maximum Gasteiger partial charge on any atom is 0.0125 e. The Morgan fingerprint density at radius 3 is 2.20 bits per heavy atom. The van der Waals surface area contributed by atoms with Gasteiger partial charge in [0.1, 0.15) is 0 Å². The van der Waals surface area contributed by atoms with E-state index in [1.54, 1.807) is 0 Å². The van der Waals surface area contributed by atoms with Crippen molar-refractivity contribution in [3.63, 3.8) is 0 Å². The SMILES string of the molecule is CCCCCCCC(C)NC1CCN(C(C)(C)C)CC1. The lowest BCUT2D eigenvalue weighted by atomic mass is 9.97. The van der Waals surface area contributed by atoms with E-state index < -0.39 is 0 Å². The van der Waals surface area contributed by atoms with E-state index in [1.165, 1.54) is 64.5 Å². The Labute approximate surface area is 127 Å². The summed E-state index contributed by atoms with van der Waals surface area (Å²) in [6.07, 6.45) is 11.0. The van der Waals surface area contributed by atoms with Gasteiger partial charge in [-0.05, 0) is 47.0 Å². The zero-order chi connectivity index (χ0) is 15.0. The van der Waals surface area contributed by atoms with E-state index >= 15 is 0 Å². The fourth-order valence-electron chi connectivity index (χ4n) is 3.26. The van der Waals surface area contributed by atoms with E-state index in [0.717, 1.165) is 6.04 Å². The van der Waals surface area contributed by atoms with Crippen molar-refractivity contribution < 1.29 is 0 Å². The minimum absolute atomic E-state index is 0.343. The minimum Gasteiger partial charge on any atom is -0.311 e. The zero-order valence-corrected chi connectivity index (χ0v) is 14.7. The quantitative estimate of drug-likeness (QED) is 0.655. The second-order valence-corrected chi connectivity index (χ2v) is 7.70. The number of rotatable bonds is 8. The molecule has 0 aromatic rings. The van der Waals surface area contributed by atoms with E-state index in [2.05, 4.69) is 44.8 Å². The Hall–Kier alpha value is -0.0800. The van der Waals surface area contributed by atoms with Gasteiger partial charge < -0.3 is 5.32 Å². The molecule has 0 bridgehead atoms. The van der Waals surface area contributed by atoms with Gasteiger partial charge in [-0.15, -0.1) is 0 Å². The molecule has 0 aromatic heterocycles. The molecule has 0 aromatic carbocycles. The second-order valence-electron chi connectivity index (χ2n) is 7.70. The average Bonchev–Trinajstić information content (AvgIpc) is 2.38. The van der Waals surface area contributed by atoms with Crippen LogP contribution in [0.3, 0.4) is 0 Å². The highest BCUT2D eigenvalue weighted by Gasteiger charge is 2.27. The van der Waals surface area contributed by atoms with Gasteiger partial charge in [-0.25, -0.2) is 0 Å². The summed E-state index contributed by atoms with van der Waals surface area (Å²) in [4.78, 5) is 2.63. The van der Waals surface area contributed by atoms with Gasteiger partial charge in [0.05, 0.1) is 0 Å². The first kappa shape index (κ1) is 18.0. The normalized spacial score (nSPS) is 20.2. The van der Waals surface area contributed by atoms with Gasteiger partial charge in [-0.3, -0.25) is 4.90 Å². The third kappa shape index (κ3) is 7.08. The monoisotopic (exact) mass is 282 g/mol. The molecule has 1 unspecified atom stereocenters. The lowest BCUT2D eigenvalue weighted by molar-refractivity contribution is 0.0939. The van der Waals surface area contributed by atoms with Crippen LogP contribution in [0.15, 0.2) is 0 Å². The molecule has 2 nitrogen and oxygen atoms in total. The zero-order valence-electron chi connectivity index (χ0n) is 14.7. The van der Waals surface area contributed by atoms with Gasteiger partial charge in [0.2, 0.25) is 0 Å². The number of unbranched alkanes of at least 4 members (excludes halogenated alkanes) is 4. The highest BCUT2D eigenvalue weighted by Crippen LogP contribution is 2.20. The highest BCUT2D eigenvalue weighted by molar-refractivity contribution is 4.85. The number of likely N-dealkylation sites (tertiary alicyclic amines) is 1. The lowest BCUT2D eigenvalue weighted by Gasteiger charge is -2.41. The van der Waals surface area contributed by atoms with Crippen LogP contribution in [0.4, 0.5) is 0 Å². The number of nitrogens with one attached hydrogen (secondary N) is 1. The van der Waals surface area contributed by atoms with Crippen molar-refractivity contribution in [3.8, 4) is 0 Å². The summed E-state index contributed by atoms with van der Waals surface area (Å²) < 4.78 is 0. The molecule has 0 aliphatic carbocycles. The molecule has 0 saturated carbocycles. The van der Waals surface area contributed by atoms with Crippen LogP contribution in [0.5, 0.6) is 0 Å². The summed E-state index contributed by atoms with van der Waals surface area (Å²) >= 11 is 0. The van der Waals surface area contributed by atoms with Gasteiger partial charge in [0.25, 0.3) is 0 Å². The molecule has 1 aliphatic heterocycles. The first-order chi connectivity index (χ1) is 9.43. The molecule has 1 aliphatic rings. The van der Waals surface area contributed by atoms with Gasteiger partial charge >= 0.3 is 0 Å². The summed E-state index contributed by atoms with van der Waals surface area (Å²) in [5.74, 6) is 0. The summed E-state index contributed by atoms with van der Waals surface area (Å²) in [7, 11) is 0. The standard InChI is InChI=1S/C18H38N2/c1-6-7-8-9-10-11-16(2)19-17-12-14-20(15-13-17)18(3,4)5/h16-17,19H,6-15H2,1-5H3. The topological polar surface area (TPSA) is 15.3 Å². The van der Waals surface area contributed by atoms with Crippen molar-refractivity contribution in [1.82, 2.24) is 10.2 Å². The highest BCUT2D eigenvalue weighted by atomic mass is 15.2. The second kappa shape index (κ2) is 9.04. The number of nitrogens with zero attached hydrogens (tertiary/aromatic N) is 1. The molecular formula is C18H38N2. The molecule has 1 atom stereocenters. The van der Waals surface area contributed by atoms with E-state index in [9.17, 15) is 0 Å². The van der Waals surface area contributed by atoms with Crippen molar-refractivity contribution in [3.05, 3.63) is 0 Å². The fourth-order valence-corrected chi connectivity index (χ4v) is 3.26. The Bertz CT molecular complexity index is 236. The molecule has 1 saturated heterocycles. The third-order valence-corrected chi connectivity index (χ3v) is 4.70. The number of hydrogen-bond donors (Lipinski definition) is 1. The molecule has 20 heavy (non-hydrogen) atoms. The smallest absolute Gasteiger partial charge is 0.0125 e. The van der Waals surface area contributed by atoms with Crippen LogP contribution in [-0.4, -0.2) is 35.6 Å². The summed E-state index contributed by atoms with van der Waals surface area (Å²) in [5, 5.41) is 3.86. The van der Waals surface area contributed by atoms with E-state index in [4.69, 9.17) is 0 Å². The van der Waals surface area contributed by atoms with Crippen molar-refractivity contribution in [2.24, 2.45) is 0 Å². The minimum atomic E-state index is 0.343. The molecule has 0 radical (unpaired) electrons. The molecule has 2 heteroatoms. The van der Waals surface area contributed by atoms with E-state index in [0.29, 0.717) is 11.6 Å². The van der Waals surface area contributed by atoms with Crippen LogP contribution >= 0.6 is 0 Å². The van der Waals surface area contributed by atoms with Crippen LogP contribution < -0.4 is 5.32 Å². The van der Waals surface area contributed by atoms with E-state index in [1.807, 2.05) is 0 Å². The maximum absolute atomic E-state index is 3.86. The van der Waals surface area contributed by atoms with Gasteiger partial charge in [0, 0.05) is 30.7 Å². The van der Waals surface area contributed by atoms with Crippen molar-refractivity contribution >= 4 is 0 Å². The Balaban J connectivity index is 2.10. The summed E-state index contributed by atoms with van der Waals surface area (Å²) in [5.41, 5.74) is 0.343. The average molecular weight is 283 g/mol. The van der Waals surface area contributed by atoms with Crippen molar-refractivity contribution in [1.29, 1.82) is 0 Å². The van der Waals surface area contributed by atoms with Crippen LogP contribution in [0.1, 0.15) is 86.0 Å². The molecular weight excluding hydrogens is 244 g/mol. The van der Waals surface area contributed by atoms with Gasteiger partial charge in [-0.2, -0.15) is 0 Å². The Morgan fingerprint density at radius 1 is 1.05 bits per heavy atom. The van der Waals surface area contributed by atoms with Crippen molar-refractivity contribution in [2.75, 3.05) is 13.1 Å². The molecule has 1 N–H and O–H groups in total. The van der Waals surface area contributed by atoms with Crippen LogP contribution in [-0.2, 0) is 0 Å². The number of hydrogen-bond acceptors (Lipinski definition) is 2. The lowest BCUT2D eigenvalue weighted by Crippen LogP contribution is -2.51. The number of piperidine rings is 1. The summed E-state index contributed by atoms with van der Waals surface area (Å²) in [6.45, 7) is 14.2. The molecule has 1 heterocycles. The van der Waals surface area contributed by atoms with E-state index in [-0.39, 0.29) is 0 Å². The molecule has 0 amide bonds. The van der Waals surface area contributed by atoms with Crippen molar-refractivity contribution in [2.45, 2.75) is 104 Å². The Morgan fingerprint density at radius 2 is 1.65 bits per heavy atom. The molecule has 0 spiro atoms. The van der Waals surface area contributed by atoms with Gasteiger partial charge in [0.15, 0.2) is 0 Å². The van der Waals surface area contributed by atoms with Gasteiger partial charge in [-0.1, -0.05) is 39.0 Å². The maximum atomic E-state index is 3.86. The summed E-state index contributed by atoms with van der Waals surface area (Å²) in [6, 6.07) is 1.45.